The van der Waals surface area contributed by atoms with Crippen LogP contribution in [0, 0.1) is 0 Å². The second-order valence-electron chi connectivity index (χ2n) is 6.99. The number of carbonyl (C=O) groups excluding carboxylic acids is 1. The Morgan fingerprint density at radius 2 is 1.78 bits per heavy atom. The monoisotopic (exact) mass is 359 g/mol. The zero-order valence-corrected chi connectivity index (χ0v) is 15.9. The van der Waals surface area contributed by atoms with Crippen LogP contribution >= 0.6 is 0 Å². The van der Waals surface area contributed by atoms with Gasteiger partial charge in [0.05, 0.1) is 6.61 Å². The minimum atomic E-state index is 0.00876. The van der Waals surface area contributed by atoms with Crippen molar-refractivity contribution < 1.29 is 9.53 Å². The average Bonchev–Trinajstić information content (AvgIpc) is 2.70. The van der Waals surface area contributed by atoms with Crippen LogP contribution in [0.15, 0.2) is 60.7 Å². The number of fused-ring (bicyclic) bond motifs is 3. The maximum Gasteiger partial charge on any atom is 0.227 e. The molecule has 0 saturated heterocycles. The average molecular weight is 359 g/mol. The van der Waals surface area contributed by atoms with Gasteiger partial charge >= 0.3 is 0 Å². The van der Waals surface area contributed by atoms with Gasteiger partial charge in [-0.2, -0.15) is 0 Å². The fourth-order valence-electron chi connectivity index (χ4n) is 4.20. The maximum absolute atomic E-state index is 13.0. The number of hydrogen-bond donors (Lipinski definition) is 0. The van der Waals surface area contributed by atoms with Crippen LogP contribution < -0.4 is 9.64 Å². The predicted molar refractivity (Wildman–Crippen MR) is 111 cm³/mol. The van der Waals surface area contributed by atoms with E-state index >= 15 is 0 Å². The number of amides is 1. The van der Waals surface area contributed by atoms with Crippen LogP contribution in [0.25, 0.3) is 10.8 Å². The summed E-state index contributed by atoms with van der Waals surface area (Å²) in [6.07, 6.45) is 1.42. The van der Waals surface area contributed by atoms with Gasteiger partial charge in [-0.1, -0.05) is 55.5 Å². The lowest BCUT2D eigenvalue weighted by atomic mass is 9.81. The van der Waals surface area contributed by atoms with Crippen LogP contribution in [0.3, 0.4) is 0 Å². The smallest absolute Gasteiger partial charge is 0.227 e. The number of nitrogens with zero attached hydrogens (tertiary/aromatic N) is 1. The van der Waals surface area contributed by atoms with E-state index in [1.54, 1.807) is 0 Å². The van der Waals surface area contributed by atoms with Crippen molar-refractivity contribution in [3.8, 4) is 5.75 Å². The fourth-order valence-corrected chi connectivity index (χ4v) is 4.20. The summed E-state index contributed by atoms with van der Waals surface area (Å²) >= 11 is 0. The molecule has 1 unspecified atom stereocenters. The van der Waals surface area contributed by atoms with Crippen LogP contribution in [-0.2, 0) is 4.79 Å². The van der Waals surface area contributed by atoms with Crippen LogP contribution in [0.4, 0.5) is 5.69 Å². The molecular weight excluding hydrogens is 334 g/mol. The minimum absolute atomic E-state index is 0.00876. The molecule has 0 bridgehead atoms. The lowest BCUT2D eigenvalue weighted by Crippen LogP contribution is -2.37. The van der Waals surface area contributed by atoms with Crippen molar-refractivity contribution in [2.24, 2.45) is 0 Å². The van der Waals surface area contributed by atoms with E-state index in [0.717, 1.165) is 30.0 Å². The van der Waals surface area contributed by atoms with Gasteiger partial charge in [0.1, 0.15) is 5.75 Å². The van der Waals surface area contributed by atoms with E-state index in [2.05, 4.69) is 49.4 Å². The van der Waals surface area contributed by atoms with Crippen molar-refractivity contribution in [1.29, 1.82) is 0 Å². The molecular formula is C24H25NO2. The van der Waals surface area contributed by atoms with Crippen LogP contribution in [-0.4, -0.2) is 19.1 Å². The molecule has 0 saturated carbocycles. The van der Waals surface area contributed by atoms with E-state index in [1.807, 2.05) is 30.0 Å². The van der Waals surface area contributed by atoms with E-state index in [4.69, 9.17) is 4.74 Å². The molecule has 138 valence electrons. The minimum Gasteiger partial charge on any atom is -0.494 e. The molecule has 0 radical (unpaired) electrons. The van der Waals surface area contributed by atoms with E-state index in [-0.39, 0.29) is 11.8 Å². The van der Waals surface area contributed by atoms with Gasteiger partial charge in [-0.15, -0.1) is 0 Å². The second kappa shape index (κ2) is 7.43. The number of benzene rings is 3. The van der Waals surface area contributed by atoms with E-state index < -0.39 is 0 Å². The molecule has 3 aromatic carbocycles. The van der Waals surface area contributed by atoms with Crippen LogP contribution in [0.2, 0.25) is 0 Å². The van der Waals surface area contributed by atoms with Crippen molar-refractivity contribution >= 4 is 22.4 Å². The lowest BCUT2D eigenvalue weighted by Gasteiger charge is -2.35. The van der Waals surface area contributed by atoms with E-state index in [0.29, 0.717) is 13.0 Å². The maximum atomic E-state index is 13.0. The normalized spacial score (nSPS) is 16.4. The lowest BCUT2D eigenvalue weighted by molar-refractivity contribution is -0.119. The molecule has 1 atom stereocenters. The standard InChI is InChI=1S/C24H25NO2/c1-3-15-25-21-14-13-17-9-5-6-10-18(17)24(21)20(16-23(25)26)19-11-7-8-12-22(19)27-4-2/h5-14,20H,3-4,15-16H2,1-2H3. The summed E-state index contributed by atoms with van der Waals surface area (Å²) in [6, 6.07) is 20.8. The van der Waals surface area contributed by atoms with Gasteiger partial charge in [0.25, 0.3) is 0 Å². The third kappa shape index (κ3) is 3.08. The third-order valence-corrected chi connectivity index (χ3v) is 5.31. The van der Waals surface area contributed by atoms with E-state index in [1.165, 1.54) is 16.3 Å². The molecule has 1 aliphatic heterocycles. The molecule has 1 heterocycles. The Hall–Kier alpha value is -2.81. The third-order valence-electron chi connectivity index (χ3n) is 5.31. The summed E-state index contributed by atoms with van der Waals surface area (Å²) in [7, 11) is 0. The number of ether oxygens (including phenoxy) is 1. The Kier molecular flexibility index (Phi) is 4.85. The van der Waals surface area contributed by atoms with E-state index in [9.17, 15) is 4.79 Å². The highest BCUT2D eigenvalue weighted by atomic mass is 16.5. The summed E-state index contributed by atoms with van der Waals surface area (Å²) in [4.78, 5) is 15.0. The van der Waals surface area contributed by atoms with Gasteiger partial charge in [0, 0.05) is 30.1 Å². The molecule has 3 nitrogen and oxygen atoms in total. The van der Waals surface area contributed by atoms with Gasteiger partial charge < -0.3 is 9.64 Å². The highest BCUT2D eigenvalue weighted by molar-refractivity contribution is 6.03. The van der Waals surface area contributed by atoms with Crippen molar-refractivity contribution in [3.05, 3.63) is 71.8 Å². The van der Waals surface area contributed by atoms with Gasteiger partial charge in [-0.05, 0) is 41.8 Å². The molecule has 0 aliphatic carbocycles. The van der Waals surface area contributed by atoms with Gasteiger partial charge in [0.2, 0.25) is 5.91 Å². The highest BCUT2D eigenvalue weighted by Crippen LogP contribution is 2.46. The molecule has 3 aromatic rings. The summed E-state index contributed by atoms with van der Waals surface area (Å²) < 4.78 is 5.90. The highest BCUT2D eigenvalue weighted by Gasteiger charge is 2.34. The Bertz CT molecular complexity index is 979. The van der Waals surface area contributed by atoms with Crippen LogP contribution in [0.5, 0.6) is 5.75 Å². The number of anilines is 1. The topological polar surface area (TPSA) is 29.5 Å². The fraction of sp³-hybridized carbons (Fsp3) is 0.292. The Balaban J connectivity index is 1.96. The Morgan fingerprint density at radius 3 is 2.59 bits per heavy atom. The number of hydrogen-bond acceptors (Lipinski definition) is 2. The second-order valence-corrected chi connectivity index (χ2v) is 6.99. The molecule has 1 amide bonds. The zero-order chi connectivity index (χ0) is 18.8. The summed E-state index contributed by atoms with van der Waals surface area (Å²) in [5, 5.41) is 2.43. The van der Waals surface area contributed by atoms with Gasteiger partial charge in [-0.25, -0.2) is 0 Å². The molecule has 4 rings (SSSR count). The Morgan fingerprint density at radius 1 is 1.00 bits per heavy atom. The summed E-state index contributed by atoms with van der Waals surface area (Å²) in [5.41, 5.74) is 3.39. The molecule has 0 N–H and O–H groups in total. The summed E-state index contributed by atoms with van der Waals surface area (Å²) in [6.45, 7) is 5.48. The first kappa shape index (κ1) is 17.6. The van der Waals surface area contributed by atoms with Gasteiger partial charge in [0.15, 0.2) is 0 Å². The van der Waals surface area contributed by atoms with Crippen molar-refractivity contribution in [2.45, 2.75) is 32.6 Å². The van der Waals surface area contributed by atoms with Crippen molar-refractivity contribution in [2.75, 3.05) is 18.1 Å². The quantitative estimate of drug-likeness (QED) is 0.600. The molecule has 27 heavy (non-hydrogen) atoms. The molecule has 0 fully saturated rings. The SMILES string of the molecule is CCCN1C(=O)CC(c2ccccc2OCC)c2c1ccc1ccccc21. The van der Waals surface area contributed by atoms with Crippen molar-refractivity contribution in [1.82, 2.24) is 0 Å². The molecule has 3 heteroatoms. The zero-order valence-electron chi connectivity index (χ0n) is 15.9. The first-order valence-electron chi connectivity index (χ1n) is 9.78. The number of rotatable bonds is 5. The van der Waals surface area contributed by atoms with Gasteiger partial charge in [-0.3, -0.25) is 4.79 Å². The molecule has 1 aliphatic rings. The molecule has 0 aromatic heterocycles. The first-order valence-corrected chi connectivity index (χ1v) is 9.78. The summed E-state index contributed by atoms with van der Waals surface area (Å²) in [5.74, 6) is 1.08. The number of carbonyl (C=O) groups is 1. The van der Waals surface area contributed by atoms with Crippen molar-refractivity contribution in [3.63, 3.8) is 0 Å². The first-order chi connectivity index (χ1) is 13.2. The molecule has 0 spiro atoms. The number of para-hydroxylation sites is 1. The largest absolute Gasteiger partial charge is 0.494 e. The Labute approximate surface area is 160 Å². The predicted octanol–water partition coefficient (Wildman–Crippen LogP) is 5.52. The van der Waals surface area contributed by atoms with Crippen LogP contribution in [0.1, 0.15) is 43.7 Å².